The predicted octanol–water partition coefficient (Wildman–Crippen LogP) is 3.58. The summed E-state index contributed by atoms with van der Waals surface area (Å²) in [5.41, 5.74) is 2.02. The fraction of sp³-hybridized carbons (Fsp3) is 0.292. The lowest BCUT2D eigenvalue weighted by Crippen LogP contribution is -2.53. The maximum atomic E-state index is 13.7. The SMILES string of the molecule is O=C([C@H]1Cc2ccccc2CN1S(=O)(=O)c1ccc2ccccc2c1)N1CCCC1. The van der Waals surface area contributed by atoms with Crippen molar-refractivity contribution in [3.05, 3.63) is 77.9 Å². The van der Waals surface area contributed by atoms with Gasteiger partial charge in [0.1, 0.15) is 6.04 Å². The van der Waals surface area contributed by atoms with Gasteiger partial charge in [-0.15, -0.1) is 0 Å². The highest BCUT2D eigenvalue weighted by molar-refractivity contribution is 7.89. The molecule has 0 N–H and O–H groups in total. The minimum absolute atomic E-state index is 0.0774. The van der Waals surface area contributed by atoms with Crippen LogP contribution in [0.1, 0.15) is 24.0 Å². The third kappa shape index (κ3) is 3.30. The molecule has 2 aliphatic heterocycles. The number of nitrogens with zero attached hydrogens (tertiary/aromatic N) is 2. The monoisotopic (exact) mass is 420 g/mol. The van der Waals surface area contributed by atoms with E-state index in [-0.39, 0.29) is 17.3 Å². The molecule has 0 saturated carbocycles. The van der Waals surface area contributed by atoms with Crippen molar-refractivity contribution >= 4 is 26.7 Å². The third-order valence-electron chi connectivity index (χ3n) is 6.24. The van der Waals surface area contributed by atoms with Crippen molar-refractivity contribution in [1.82, 2.24) is 9.21 Å². The molecule has 1 amide bonds. The van der Waals surface area contributed by atoms with Crippen LogP contribution in [0.3, 0.4) is 0 Å². The molecule has 0 unspecified atom stereocenters. The van der Waals surface area contributed by atoms with E-state index in [1.165, 1.54) is 4.31 Å². The van der Waals surface area contributed by atoms with E-state index in [0.29, 0.717) is 19.5 Å². The van der Waals surface area contributed by atoms with Crippen molar-refractivity contribution in [2.75, 3.05) is 13.1 Å². The molecule has 154 valence electrons. The highest BCUT2D eigenvalue weighted by Gasteiger charge is 2.41. The lowest BCUT2D eigenvalue weighted by molar-refractivity contribution is -0.134. The molecule has 30 heavy (non-hydrogen) atoms. The van der Waals surface area contributed by atoms with Gasteiger partial charge < -0.3 is 4.90 Å². The van der Waals surface area contributed by atoms with Gasteiger partial charge in [0.15, 0.2) is 0 Å². The Morgan fingerprint density at radius 2 is 1.50 bits per heavy atom. The van der Waals surface area contributed by atoms with Gasteiger partial charge in [0.2, 0.25) is 15.9 Å². The van der Waals surface area contributed by atoms with Gasteiger partial charge >= 0.3 is 0 Å². The highest BCUT2D eigenvalue weighted by atomic mass is 32.2. The summed E-state index contributed by atoms with van der Waals surface area (Å²) in [5, 5.41) is 1.86. The number of sulfonamides is 1. The first-order chi connectivity index (χ1) is 14.5. The standard InChI is InChI=1S/C24H24N2O3S/c27-24(25-13-5-6-14-25)23-16-20-9-3-4-10-21(20)17-26(23)30(28,29)22-12-11-18-7-1-2-8-19(18)15-22/h1-4,7-12,15,23H,5-6,13-14,16-17H2/t23-/m1/s1. The van der Waals surface area contributed by atoms with Crippen LogP contribution >= 0.6 is 0 Å². The normalized spacial score (nSPS) is 19.7. The van der Waals surface area contributed by atoms with Crippen LogP contribution in [0.4, 0.5) is 0 Å². The van der Waals surface area contributed by atoms with Crippen molar-refractivity contribution in [3.63, 3.8) is 0 Å². The second kappa shape index (κ2) is 7.52. The maximum Gasteiger partial charge on any atom is 0.244 e. The number of carbonyl (C=O) groups excluding carboxylic acids is 1. The Balaban J connectivity index is 1.58. The molecule has 5 rings (SSSR count). The summed E-state index contributed by atoms with van der Waals surface area (Å²) in [7, 11) is -3.83. The number of fused-ring (bicyclic) bond motifs is 2. The zero-order chi connectivity index (χ0) is 20.7. The van der Waals surface area contributed by atoms with Gasteiger partial charge in [0.25, 0.3) is 0 Å². The highest BCUT2D eigenvalue weighted by Crippen LogP contribution is 2.31. The fourth-order valence-electron chi connectivity index (χ4n) is 4.57. The molecule has 1 saturated heterocycles. The van der Waals surface area contributed by atoms with Gasteiger partial charge in [-0.05, 0) is 53.3 Å². The fourth-order valence-corrected chi connectivity index (χ4v) is 6.17. The first-order valence-corrected chi connectivity index (χ1v) is 11.8. The van der Waals surface area contributed by atoms with Crippen LogP contribution in [0.25, 0.3) is 10.8 Å². The number of benzene rings is 3. The van der Waals surface area contributed by atoms with E-state index >= 15 is 0 Å². The molecule has 1 atom stereocenters. The van der Waals surface area contributed by atoms with Crippen LogP contribution in [-0.2, 0) is 27.8 Å². The Hall–Kier alpha value is -2.70. The van der Waals surface area contributed by atoms with Crippen LogP contribution in [0.5, 0.6) is 0 Å². The average Bonchev–Trinajstić information content (AvgIpc) is 3.32. The summed E-state index contributed by atoms with van der Waals surface area (Å²) >= 11 is 0. The number of likely N-dealkylation sites (tertiary alicyclic amines) is 1. The molecule has 1 fully saturated rings. The smallest absolute Gasteiger partial charge is 0.244 e. The van der Waals surface area contributed by atoms with Gasteiger partial charge in [0, 0.05) is 19.6 Å². The Labute approximate surface area is 177 Å². The van der Waals surface area contributed by atoms with E-state index in [2.05, 4.69) is 0 Å². The van der Waals surface area contributed by atoms with Crippen LogP contribution in [-0.4, -0.2) is 42.7 Å². The molecule has 0 radical (unpaired) electrons. The maximum absolute atomic E-state index is 13.7. The van der Waals surface area contributed by atoms with E-state index in [0.717, 1.165) is 34.7 Å². The molecule has 3 aromatic rings. The second-order valence-electron chi connectivity index (χ2n) is 8.08. The Morgan fingerprint density at radius 3 is 2.27 bits per heavy atom. The van der Waals surface area contributed by atoms with E-state index in [1.807, 2.05) is 59.5 Å². The zero-order valence-electron chi connectivity index (χ0n) is 16.7. The predicted molar refractivity (Wildman–Crippen MR) is 116 cm³/mol. The van der Waals surface area contributed by atoms with Crippen molar-refractivity contribution in [1.29, 1.82) is 0 Å². The molecule has 3 aromatic carbocycles. The Kier molecular flexibility index (Phi) is 4.83. The van der Waals surface area contributed by atoms with Crippen molar-refractivity contribution in [3.8, 4) is 0 Å². The average molecular weight is 421 g/mol. The molecule has 2 heterocycles. The number of carbonyl (C=O) groups is 1. The van der Waals surface area contributed by atoms with E-state index in [9.17, 15) is 13.2 Å². The summed E-state index contributed by atoms with van der Waals surface area (Å²) < 4.78 is 28.9. The molecule has 2 aliphatic rings. The Bertz CT molecular complexity index is 1220. The van der Waals surface area contributed by atoms with Gasteiger partial charge in [-0.1, -0.05) is 54.6 Å². The van der Waals surface area contributed by atoms with E-state index < -0.39 is 16.1 Å². The molecular weight excluding hydrogens is 396 g/mol. The lowest BCUT2D eigenvalue weighted by atomic mass is 9.95. The van der Waals surface area contributed by atoms with Gasteiger partial charge in [0.05, 0.1) is 4.90 Å². The van der Waals surface area contributed by atoms with Crippen LogP contribution in [0.15, 0.2) is 71.6 Å². The molecule has 0 aliphatic carbocycles. The van der Waals surface area contributed by atoms with Gasteiger partial charge in [-0.25, -0.2) is 8.42 Å². The second-order valence-corrected chi connectivity index (χ2v) is 9.97. The van der Waals surface area contributed by atoms with E-state index in [4.69, 9.17) is 0 Å². The van der Waals surface area contributed by atoms with Crippen LogP contribution in [0.2, 0.25) is 0 Å². The van der Waals surface area contributed by atoms with E-state index in [1.54, 1.807) is 12.1 Å². The number of hydrogen-bond donors (Lipinski definition) is 0. The van der Waals surface area contributed by atoms with Crippen LogP contribution in [0, 0.1) is 0 Å². The minimum Gasteiger partial charge on any atom is -0.341 e. The third-order valence-corrected chi connectivity index (χ3v) is 8.09. The van der Waals surface area contributed by atoms with Gasteiger partial charge in [-0.3, -0.25) is 4.79 Å². The summed E-state index contributed by atoms with van der Waals surface area (Å²) in [6.07, 6.45) is 2.37. The molecular formula is C24H24N2O3S. The molecule has 5 nitrogen and oxygen atoms in total. The summed E-state index contributed by atoms with van der Waals surface area (Å²) in [5.74, 6) is -0.0774. The largest absolute Gasteiger partial charge is 0.341 e. The first-order valence-electron chi connectivity index (χ1n) is 10.4. The summed E-state index contributed by atoms with van der Waals surface area (Å²) in [4.78, 5) is 15.4. The lowest BCUT2D eigenvalue weighted by Gasteiger charge is -2.36. The summed E-state index contributed by atoms with van der Waals surface area (Å²) in [6, 6.07) is 20.0. The number of hydrogen-bond acceptors (Lipinski definition) is 3. The Morgan fingerprint density at radius 1 is 0.833 bits per heavy atom. The first kappa shape index (κ1) is 19.3. The minimum atomic E-state index is -3.83. The molecule has 0 bridgehead atoms. The van der Waals surface area contributed by atoms with Crippen molar-refractivity contribution in [2.24, 2.45) is 0 Å². The van der Waals surface area contributed by atoms with Crippen LogP contribution < -0.4 is 0 Å². The molecule has 0 aromatic heterocycles. The topological polar surface area (TPSA) is 57.7 Å². The molecule has 6 heteroatoms. The van der Waals surface area contributed by atoms with Crippen molar-refractivity contribution in [2.45, 2.75) is 36.7 Å². The van der Waals surface area contributed by atoms with Gasteiger partial charge in [-0.2, -0.15) is 4.31 Å². The summed E-state index contributed by atoms with van der Waals surface area (Å²) in [6.45, 7) is 1.64. The van der Waals surface area contributed by atoms with Crippen molar-refractivity contribution < 1.29 is 13.2 Å². The zero-order valence-corrected chi connectivity index (χ0v) is 17.5. The molecule has 0 spiro atoms. The quantitative estimate of drug-likeness (QED) is 0.651. The number of amides is 1. The number of rotatable bonds is 3.